The Kier molecular flexibility index (Phi) is 3.55. The first-order valence-corrected chi connectivity index (χ1v) is 7.97. The predicted octanol–water partition coefficient (Wildman–Crippen LogP) is 4.36. The number of nitrogens with two attached hydrogens (primary N) is 1. The Bertz CT molecular complexity index is 766. The number of nitrogen functional groups attached to an aromatic ring is 1. The average Bonchev–Trinajstić information content (AvgIpc) is 3.03. The van der Waals surface area contributed by atoms with Gasteiger partial charge in [-0.1, -0.05) is 19.1 Å². The highest BCUT2D eigenvalue weighted by molar-refractivity contribution is 7.13. The van der Waals surface area contributed by atoms with Gasteiger partial charge in [-0.15, -0.1) is 11.3 Å². The Hall–Kier alpha value is -2.07. The molecule has 3 aromatic rings. The first-order chi connectivity index (χ1) is 10.1. The van der Waals surface area contributed by atoms with Gasteiger partial charge in [-0.05, 0) is 44.0 Å². The van der Waals surface area contributed by atoms with E-state index in [4.69, 9.17) is 5.73 Å². The number of thiazole rings is 1. The van der Waals surface area contributed by atoms with Gasteiger partial charge in [-0.2, -0.15) is 0 Å². The van der Waals surface area contributed by atoms with Crippen LogP contribution in [0.3, 0.4) is 0 Å². The first-order valence-electron chi connectivity index (χ1n) is 7.09. The van der Waals surface area contributed by atoms with E-state index in [1.54, 1.807) is 0 Å². The quantitative estimate of drug-likeness (QED) is 0.780. The maximum atomic E-state index is 5.75. The third-order valence-corrected chi connectivity index (χ3v) is 4.51. The minimum atomic E-state index is 0.613. The average molecular weight is 297 g/mol. The smallest absolute Gasteiger partial charge is 0.180 e. The molecule has 0 aliphatic carbocycles. The first kappa shape index (κ1) is 13.9. The number of hydrogen-bond acceptors (Lipinski definition) is 3. The molecule has 0 spiro atoms. The summed E-state index contributed by atoms with van der Waals surface area (Å²) < 4.78 is 2.27. The van der Waals surface area contributed by atoms with Gasteiger partial charge < -0.3 is 10.3 Å². The topological polar surface area (TPSA) is 43.8 Å². The van der Waals surface area contributed by atoms with Crippen molar-refractivity contribution in [3.8, 4) is 16.9 Å². The summed E-state index contributed by atoms with van der Waals surface area (Å²) in [5, 5.41) is 2.63. The van der Waals surface area contributed by atoms with Crippen molar-refractivity contribution in [2.45, 2.75) is 27.2 Å². The zero-order valence-electron chi connectivity index (χ0n) is 12.6. The molecule has 0 amide bonds. The highest BCUT2D eigenvalue weighted by Crippen LogP contribution is 2.30. The maximum Gasteiger partial charge on any atom is 0.180 e. The standard InChI is InChI=1S/C17H19N3S/c1-4-13-5-7-14(8-6-13)20-11(2)9-15(12(20)3)16-10-21-17(18)19-16/h5-10H,4H2,1-3H3,(H2,18,19). The number of aromatic nitrogens is 2. The fraction of sp³-hybridized carbons (Fsp3) is 0.235. The molecule has 3 nitrogen and oxygen atoms in total. The molecule has 0 fully saturated rings. The molecule has 1 aromatic carbocycles. The van der Waals surface area contributed by atoms with E-state index in [0.29, 0.717) is 5.13 Å². The molecule has 0 bridgehead atoms. The van der Waals surface area contributed by atoms with Crippen LogP contribution in [-0.2, 0) is 6.42 Å². The van der Waals surface area contributed by atoms with Crippen LogP contribution in [0.1, 0.15) is 23.9 Å². The van der Waals surface area contributed by atoms with E-state index in [9.17, 15) is 0 Å². The summed E-state index contributed by atoms with van der Waals surface area (Å²) in [4.78, 5) is 4.40. The van der Waals surface area contributed by atoms with Crippen molar-refractivity contribution >= 4 is 16.5 Å². The highest BCUT2D eigenvalue weighted by atomic mass is 32.1. The fourth-order valence-corrected chi connectivity index (χ4v) is 3.27. The van der Waals surface area contributed by atoms with Gasteiger partial charge in [0.2, 0.25) is 0 Å². The third kappa shape index (κ3) is 2.47. The monoisotopic (exact) mass is 297 g/mol. The molecule has 0 saturated heterocycles. The summed E-state index contributed by atoms with van der Waals surface area (Å²) in [6.45, 7) is 6.43. The van der Waals surface area contributed by atoms with E-state index in [2.05, 4.69) is 60.7 Å². The van der Waals surface area contributed by atoms with Crippen LogP contribution in [0, 0.1) is 13.8 Å². The van der Waals surface area contributed by atoms with E-state index < -0.39 is 0 Å². The minimum Gasteiger partial charge on any atom is -0.375 e. The van der Waals surface area contributed by atoms with Gasteiger partial charge in [0.25, 0.3) is 0 Å². The van der Waals surface area contributed by atoms with Crippen LogP contribution in [0.2, 0.25) is 0 Å². The Balaban J connectivity index is 2.09. The molecule has 0 aliphatic rings. The Labute approximate surface area is 129 Å². The molecule has 0 saturated carbocycles. The molecule has 0 aliphatic heterocycles. The SMILES string of the molecule is CCc1ccc(-n2c(C)cc(-c3csc(N)n3)c2C)cc1. The molecule has 108 valence electrons. The number of nitrogens with zero attached hydrogens (tertiary/aromatic N) is 2. The summed E-state index contributed by atoms with van der Waals surface area (Å²) >= 11 is 1.48. The molecular formula is C17H19N3S. The second kappa shape index (κ2) is 5.37. The Morgan fingerprint density at radius 3 is 2.48 bits per heavy atom. The molecule has 3 rings (SSSR count). The summed E-state index contributed by atoms with van der Waals surface area (Å²) in [7, 11) is 0. The number of hydrogen-bond donors (Lipinski definition) is 1. The molecular weight excluding hydrogens is 278 g/mol. The number of rotatable bonds is 3. The second-order valence-electron chi connectivity index (χ2n) is 5.21. The van der Waals surface area contributed by atoms with Crippen molar-refractivity contribution in [3.05, 3.63) is 52.7 Å². The van der Waals surface area contributed by atoms with Crippen LogP contribution >= 0.6 is 11.3 Å². The van der Waals surface area contributed by atoms with Crippen LogP contribution in [0.25, 0.3) is 16.9 Å². The minimum absolute atomic E-state index is 0.613. The molecule has 0 unspecified atom stereocenters. The van der Waals surface area contributed by atoms with Crippen molar-refractivity contribution < 1.29 is 0 Å². The lowest BCUT2D eigenvalue weighted by Gasteiger charge is -2.10. The van der Waals surface area contributed by atoms with Gasteiger partial charge in [-0.25, -0.2) is 4.98 Å². The Morgan fingerprint density at radius 2 is 1.90 bits per heavy atom. The second-order valence-corrected chi connectivity index (χ2v) is 6.10. The molecule has 2 N–H and O–H groups in total. The molecule has 0 radical (unpaired) electrons. The van der Waals surface area contributed by atoms with Crippen molar-refractivity contribution in [1.82, 2.24) is 9.55 Å². The van der Waals surface area contributed by atoms with Gasteiger partial charge in [0, 0.05) is 28.0 Å². The lowest BCUT2D eigenvalue weighted by atomic mass is 10.1. The van der Waals surface area contributed by atoms with Crippen molar-refractivity contribution in [2.75, 3.05) is 5.73 Å². The Morgan fingerprint density at radius 1 is 1.19 bits per heavy atom. The van der Waals surface area contributed by atoms with Crippen LogP contribution in [-0.4, -0.2) is 9.55 Å². The van der Waals surface area contributed by atoms with Crippen LogP contribution in [0.5, 0.6) is 0 Å². The predicted molar refractivity (Wildman–Crippen MR) is 90.1 cm³/mol. The molecule has 2 aromatic heterocycles. The van der Waals surface area contributed by atoms with E-state index in [1.807, 2.05) is 5.38 Å². The summed E-state index contributed by atoms with van der Waals surface area (Å²) in [6, 6.07) is 10.9. The zero-order chi connectivity index (χ0) is 15.0. The molecule has 21 heavy (non-hydrogen) atoms. The van der Waals surface area contributed by atoms with E-state index in [1.165, 1.54) is 34.0 Å². The normalized spacial score (nSPS) is 11.0. The van der Waals surface area contributed by atoms with Crippen molar-refractivity contribution in [2.24, 2.45) is 0 Å². The summed E-state index contributed by atoms with van der Waals surface area (Å²) in [5.41, 5.74) is 12.8. The van der Waals surface area contributed by atoms with Crippen LogP contribution < -0.4 is 5.73 Å². The summed E-state index contributed by atoms with van der Waals surface area (Å²) in [6.07, 6.45) is 1.06. The van der Waals surface area contributed by atoms with Gasteiger partial charge in [0.05, 0.1) is 5.69 Å². The van der Waals surface area contributed by atoms with Crippen molar-refractivity contribution in [3.63, 3.8) is 0 Å². The fourth-order valence-electron chi connectivity index (χ4n) is 2.71. The van der Waals surface area contributed by atoms with Crippen molar-refractivity contribution in [1.29, 1.82) is 0 Å². The van der Waals surface area contributed by atoms with Crippen LogP contribution in [0.15, 0.2) is 35.7 Å². The zero-order valence-corrected chi connectivity index (χ0v) is 13.4. The van der Waals surface area contributed by atoms with Crippen LogP contribution in [0.4, 0.5) is 5.13 Å². The lowest BCUT2D eigenvalue weighted by molar-refractivity contribution is 0.963. The number of aryl methyl sites for hydroxylation is 2. The maximum absolute atomic E-state index is 5.75. The molecule has 0 atom stereocenters. The molecule has 2 heterocycles. The van der Waals surface area contributed by atoms with E-state index in [-0.39, 0.29) is 0 Å². The number of benzene rings is 1. The lowest BCUT2D eigenvalue weighted by Crippen LogP contribution is -1.99. The highest BCUT2D eigenvalue weighted by Gasteiger charge is 2.14. The molecule has 4 heteroatoms. The van der Waals surface area contributed by atoms with E-state index in [0.717, 1.165) is 17.7 Å². The third-order valence-electron chi connectivity index (χ3n) is 3.83. The van der Waals surface area contributed by atoms with Gasteiger partial charge >= 0.3 is 0 Å². The van der Waals surface area contributed by atoms with Gasteiger partial charge in [0.15, 0.2) is 5.13 Å². The summed E-state index contributed by atoms with van der Waals surface area (Å²) in [5.74, 6) is 0. The number of anilines is 1. The largest absolute Gasteiger partial charge is 0.375 e. The van der Waals surface area contributed by atoms with Gasteiger partial charge in [-0.3, -0.25) is 0 Å². The van der Waals surface area contributed by atoms with E-state index >= 15 is 0 Å². The van der Waals surface area contributed by atoms with Gasteiger partial charge in [0.1, 0.15) is 0 Å².